The van der Waals surface area contributed by atoms with Crippen molar-refractivity contribution in [2.24, 2.45) is 4.99 Å². The molecule has 0 aliphatic carbocycles. The van der Waals surface area contributed by atoms with Crippen LogP contribution in [0.15, 0.2) is 10.4 Å². The quantitative estimate of drug-likeness (QED) is 0.564. The molecule has 2 N–H and O–H groups in total. The minimum Gasteiger partial charge on any atom is -0.381 e. The molecule has 0 atom stereocenters. The number of guanidine groups is 1. The Balaban J connectivity index is 1.87. The fraction of sp³-hybridized carbons (Fsp3) is 0.733. The van der Waals surface area contributed by atoms with Gasteiger partial charge >= 0.3 is 0 Å². The highest BCUT2D eigenvalue weighted by atomic mass is 32.2. The molecule has 1 aliphatic rings. The van der Waals surface area contributed by atoms with E-state index in [4.69, 9.17) is 4.74 Å². The van der Waals surface area contributed by atoms with E-state index in [1.807, 2.05) is 12.3 Å². The number of aromatic nitrogens is 1. The number of thiazole rings is 1. The van der Waals surface area contributed by atoms with Gasteiger partial charge in [-0.2, -0.15) is 0 Å². The molecular formula is C15H26N4O3S2. The Morgan fingerprint density at radius 2 is 2.12 bits per heavy atom. The van der Waals surface area contributed by atoms with Gasteiger partial charge in [-0.1, -0.05) is 0 Å². The van der Waals surface area contributed by atoms with E-state index in [2.05, 4.69) is 20.6 Å². The minimum atomic E-state index is -3.19. The van der Waals surface area contributed by atoms with Gasteiger partial charge < -0.3 is 15.4 Å². The van der Waals surface area contributed by atoms with Gasteiger partial charge in [-0.15, -0.1) is 11.3 Å². The molecule has 1 aromatic rings. The minimum absolute atomic E-state index is 0.338. The number of aryl methyl sites for hydroxylation is 1. The first kappa shape index (κ1) is 19.1. The zero-order valence-electron chi connectivity index (χ0n) is 14.5. The number of ether oxygens (including phenoxy) is 1. The highest BCUT2D eigenvalue weighted by Crippen LogP contribution is 2.28. The molecule has 0 radical (unpaired) electrons. The Morgan fingerprint density at radius 1 is 1.42 bits per heavy atom. The van der Waals surface area contributed by atoms with Crippen LogP contribution in [0.2, 0.25) is 0 Å². The van der Waals surface area contributed by atoms with Gasteiger partial charge in [0.2, 0.25) is 0 Å². The molecule has 9 heteroatoms. The summed E-state index contributed by atoms with van der Waals surface area (Å²) in [6.07, 6.45) is 3.12. The Morgan fingerprint density at radius 3 is 2.67 bits per heavy atom. The molecule has 0 amide bonds. The summed E-state index contributed by atoms with van der Waals surface area (Å²) in [5, 5.41) is 9.48. The van der Waals surface area contributed by atoms with Gasteiger partial charge in [0, 0.05) is 51.4 Å². The summed E-state index contributed by atoms with van der Waals surface area (Å²) >= 11 is 1.64. The SMILES string of the molecule is CN=C(NCCc1csc(C)n1)NCC1(S(C)(=O)=O)CCOCC1. The molecule has 0 saturated carbocycles. The Bertz CT molecular complexity index is 664. The summed E-state index contributed by atoms with van der Waals surface area (Å²) in [6, 6.07) is 0. The third-order valence-corrected chi connectivity index (χ3v) is 7.28. The first-order valence-electron chi connectivity index (χ1n) is 7.99. The number of nitrogens with one attached hydrogen (secondary N) is 2. The van der Waals surface area contributed by atoms with Gasteiger partial charge in [-0.3, -0.25) is 4.99 Å². The average Bonchev–Trinajstić information content (AvgIpc) is 2.96. The maximum atomic E-state index is 12.2. The van der Waals surface area contributed by atoms with E-state index in [0.29, 0.717) is 45.1 Å². The van der Waals surface area contributed by atoms with Crippen molar-refractivity contribution in [3.05, 3.63) is 16.1 Å². The maximum Gasteiger partial charge on any atom is 0.191 e. The number of sulfone groups is 1. The zero-order valence-corrected chi connectivity index (χ0v) is 16.1. The van der Waals surface area contributed by atoms with Gasteiger partial charge in [0.05, 0.1) is 15.4 Å². The lowest BCUT2D eigenvalue weighted by Gasteiger charge is -2.35. The van der Waals surface area contributed by atoms with Crippen molar-refractivity contribution in [1.29, 1.82) is 0 Å². The molecular weight excluding hydrogens is 348 g/mol. The second-order valence-electron chi connectivity index (χ2n) is 6.03. The van der Waals surface area contributed by atoms with Gasteiger partial charge in [0.1, 0.15) is 0 Å². The van der Waals surface area contributed by atoms with Crippen LogP contribution >= 0.6 is 11.3 Å². The van der Waals surface area contributed by atoms with Crippen LogP contribution < -0.4 is 10.6 Å². The van der Waals surface area contributed by atoms with Crippen molar-refractivity contribution >= 4 is 27.1 Å². The summed E-state index contributed by atoms with van der Waals surface area (Å²) in [5.74, 6) is 0.608. The average molecular weight is 375 g/mol. The number of hydrogen-bond acceptors (Lipinski definition) is 6. The highest BCUT2D eigenvalue weighted by Gasteiger charge is 2.42. The predicted molar refractivity (Wildman–Crippen MR) is 97.5 cm³/mol. The first-order chi connectivity index (χ1) is 11.4. The van der Waals surface area contributed by atoms with Crippen molar-refractivity contribution in [3.63, 3.8) is 0 Å². The van der Waals surface area contributed by atoms with Crippen LogP contribution in [-0.2, 0) is 21.0 Å². The fourth-order valence-corrected chi connectivity index (χ4v) is 4.61. The monoisotopic (exact) mass is 374 g/mol. The van der Waals surface area contributed by atoms with Crippen LogP contribution in [-0.4, -0.2) is 63.7 Å². The van der Waals surface area contributed by atoms with Gasteiger partial charge in [0.15, 0.2) is 15.8 Å². The van der Waals surface area contributed by atoms with Crippen molar-refractivity contribution in [3.8, 4) is 0 Å². The van der Waals surface area contributed by atoms with Crippen LogP contribution in [0.5, 0.6) is 0 Å². The summed E-state index contributed by atoms with van der Waals surface area (Å²) in [4.78, 5) is 8.59. The van der Waals surface area contributed by atoms with Gasteiger partial charge in [-0.05, 0) is 19.8 Å². The van der Waals surface area contributed by atoms with Crippen LogP contribution in [0.3, 0.4) is 0 Å². The normalized spacial score (nSPS) is 18.4. The standard InChI is InChI=1S/C15H26N4O3S2/c1-12-19-13(10-23-12)4-7-17-14(16-2)18-11-15(24(3,20)21)5-8-22-9-6-15/h10H,4-9,11H2,1-3H3,(H2,16,17,18). The van der Waals surface area contributed by atoms with Crippen molar-refractivity contribution in [2.75, 3.05) is 39.6 Å². The summed E-state index contributed by atoms with van der Waals surface area (Å²) in [7, 11) is -1.51. The smallest absolute Gasteiger partial charge is 0.191 e. The van der Waals surface area contributed by atoms with Crippen LogP contribution in [0.1, 0.15) is 23.5 Å². The Hall–Kier alpha value is -1.19. The van der Waals surface area contributed by atoms with E-state index in [-0.39, 0.29) is 0 Å². The number of hydrogen-bond donors (Lipinski definition) is 2. The molecule has 2 heterocycles. The molecule has 1 fully saturated rings. The predicted octanol–water partition coefficient (Wildman–Crippen LogP) is 0.753. The molecule has 0 unspecified atom stereocenters. The molecule has 136 valence electrons. The molecule has 1 saturated heterocycles. The number of rotatable bonds is 6. The third-order valence-electron chi connectivity index (χ3n) is 4.33. The molecule has 1 aromatic heterocycles. The van der Waals surface area contributed by atoms with E-state index in [0.717, 1.165) is 17.1 Å². The topological polar surface area (TPSA) is 92.7 Å². The number of aliphatic imine (C=N–C) groups is 1. The summed E-state index contributed by atoms with van der Waals surface area (Å²) < 4.78 is 29.0. The molecule has 1 aliphatic heterocycles. The van der Waals surface area contributed by atoms with Gasteiger partial charge in [-0.25, -0.2) is 13.4 Å². The van der Waals surface area contributed by atoms with Crippen molar-refractivity contribution in [1.82, 2.24) is 15.6 Å². The summed E-state index contributed by atoms with van der Waals surface area (Å²) in [5.41, 5.74) is 1.05. The van der Waals surface area contributed by atoms with E-state index >= 15 is 0 Å². The second kappa shape index (κ2) is 8.26. The zero-order chi connectivity index (χ0) is 17.6. The van der Waals surface area contributed by atoms with Crippen LogP contribution in [0.4, 0.5) is 0 Å². The first-order valence-corrected chi connectivity index (χ1v) is 10.8. The largest absolute Gasteiger partial charge is 0.381 e. The molecule has 0 spiro atoms. The maximum absolute atomic E-state index is 12.2. The fourth-order valence-electron chi connectivity index (χ4n) is 2.72. The highest BCUT2D eigenvalue weighted by molar-refractivity contribution is 7.92. The third kappa shape index (κ3) is 4.90. The van der Waals surface area contributed by atoms with E-state index in [9.17, 15) is 8.42 Å². The Labute approximate surface area is 147 Å². The molecule has 7 nitrogen and oxygen atoms in total. The van der Waals surface area contributed by atoms with Gasteiger partial charge in [0.25, 0.3) is 0 Å². The number of nitrogens with zero attached hydrogens (tertiary/aromatic N) is 2. The van der Waals surface area contributed by atoms with Crippen LogP contribution in [0, 0.1) is 6.92 Å². The lowest BCUT2D eigenvalue weighted by Crippen LogP contribution is -2.53. The summed E-state index contributed by atoms with van der Waals surface area (Å²) in [6.45, 7) is 3.97. The lowest BCUT2D eigenvalue weighted by molar-refractivity contribution is 0.0756. The van der Waals surface area contributed by atoms with Crippen molar-refractivity contribution in [2.45, 2.75) is 30.9 Å². The molecule has 24 heavy (non-hydrogen) atoms. The second-order valence-corrected chi connectivity index (χ2v) is 9.50. The molecule has 2 rings (SSSR count). The van der Waals surface area contributed by atoms with E-state index < -0.39 is 14.6 Å². The van der Waals surface area contributed by atoms with E-state index in [1.54, 1.807) is 18.4 Å². The van der Waals surface area contributed by atoms with E-state index in [1.165, 1.54) is 6.26 Å². The van der Waals surface area contributed by atoms with Crippen molar-refractivity contribution < 1.29 is 13.2 Å². The van der Waals surface area contributed by atoms with Crippen LogP contribution in [0.25, 0.3) is 0 Å². The molecule has 0 bridgehead atoms. The lowest BCUT2D eigenvalue weighted by atomic mass is 9.99. The molecule has 0 aromatic carbocycles. The Kier molecular flexibility index (Phi) is 6.59.